The SMILES string of the molecule is O=C(/C=C/c1ccccc1Br)NC1CCN(C(=O)Nc2ccccc2)CC1. The summed E-state index contributed by atoms with van der Waals surface area (Å²) in [5, 5.41) is 5.91. The van der Waals surface area contributed by atoms with Crippen LogP contribution in [0.25, 0.3) is 6.08 Å². The van der Waals surface area contributed by atoms with Gasteiger partial charge in [0.2, 0.25) is 5.91 Å². The molecule has 2 aromatic carbocycles. The van der Waals surface area contributed by atoms with Gasteiger partial charge in [0, 0.05) is 35.4 Å². The number of nitrogens with one attached hydrogen (secondary N) is 2. The molecule has 0 aromatic heterocycles. The maximum atomic E-state index is 12.3. The summed E-state index contributed by atoms with van der Waals surface area (Å²) in [5.41, 5.74) is 1.75. The molecule has 0 spiro atoms. The smallest absolute Gasteiger partial charge is 0.321 e. The largest absolute Gasteiger partial charge is 0.350 e. The number of anilines is 1. The van der Waals surface area contributed by atoms with Crippen LogP contribution in [0.2, 0.25) is 0 Å². The number of piperidine rings is 1. The van der Waals surface area contributed by atoms with Gasteiger partial charge in [-0.25, -0.2) is 4.79 Å². The van der Waals surface area contributed by atoms with Gasteiger partial charge in [-0.05, 0) is 42.7 Å². The molecule has 2 N–H and O–H groups in total. The lowest BCUT2D eigenvalue weighted by atomic mass is 10.1. The van der Waals surface area contributed by atoms with E-state index in [1.807, 2.05) is 54.6 Å². The van der Waals surface area contributed by atoms with Crippen LogP contribution < -0.4 is 10.6 Å². The summed E-state index contributed by atoms with van der Waals surface area (Å²) in [6, 6.07) is 17.1. The maximum Gasteiger partial charge on any atom is 0.321 e. The van der Waals surface area contributed by atoms with Gasteiger partial charge in [-0.15, -0.1) is 0 Å². The Bertz CT molecular complexity index is 815. The Morgan fingerprint density at radius 1 is 1.00 bits per heavy atom. The lowest BCUT2D eigenvalue weighted by Crippen LogP contribution is -2.47. The lowest BCUT2D eigenvalue weighted by molar-refractivity contribution is -0.117. The number of rotatable bonds is 4. The van der Waals surface area contributed by atoms with E-state index < -0.39 is 0 Å². The topological polar surface area (TPSA) is 61.4 Å². The highest BCUT2D eigenvalue weighted by Crippen LogP contribution is 2.17. The number of amides is 3. The minimum atomic E-state index is -0.113. The molecule has 0 saturated carbocycles. The van der Waals surface area contributed by atoms with Crippen molar-refractivity contribution >= 4 is 39.6 Å². The molecular weight excluding hydrogens is 406 g/mol. The predicted octanol–water partition coefficient (Wildman–Crippen LogP) is 4.28. The van der Waals surface area contributed by atoms with Crippen molar-refractivity contribution < 1.29 is 9.59 Å². The first kappa shape index (κ1) is 19.2. The number of hydrogen-bond donors (Lipinski definition) is 2. The van der Waals surface area contributed by atoms with E-state index in [-0.39, 0.29) is 18.0 Å². The van der Waals surface area contributed by atoms with Gasteiger partial charge in [0.25, 0.3) is 0 Å². The third kappa shape index (κ3) is 5.69. The summed E-state index contributed by atoms with van der Waals surface area (Å²) in [4.78, 5) is 26.2. The van der Waals surface area contributed by atoms with Crippen molar-refractivity contribution in [3.63, 3.8) is 0 Å². The summed E-state index contributed by atoms with van der Waals surface area (Å²) < 4.78 is 0.951. The Kier molecular flexibility index (Phi) is 6.65. The third-order valence-corrected chi connectivity index (χ3v) is 5.20. The van der Waals surface area contributed by atoms with Crippen molar-refractivity contribution in [2.24, 2.45) is 0 Å². The summed E-state index contributed by atoms with van der Waals surface area (Å²) in [6.45, 7) is 1.25. The Labute approximate surface area is 167 Å². The van der Waals surface area contributed by atoms with E-state index in [1.165, 1.54) is 0 Å². The standard InChI is InChI=1S/C21H22BrN3O2/c22-19-9-5-4-6-16(19)10-11-20(26)23-18-12-14-25(15-13-18)21(27)24-17-7-2-1-3-8-17/h1-11,18H,12-15H2,(H,23,26)(H,24,27)/b11-10+. The fraction of sp³-hybridized carbons (Fsp3) is 0.238. The second-order valence-electron chi connectivity index (χ2n) is 6.42. The fourth-order valence-electron chi connectivity index (χ4n) is 2.98. The van der Waals surface area contributed by atoms with Gasteiger partial charge < -0.3 is 15.5 Å². The Morgan fingerprint density at radius 2 is 1.67 bits per heavy atom. The Morgan fingerprint density at radius 3 is 2.37 bits per heavy atom. The van der Waals surface area contributed by atoms with Gasteiger partial charge >= 0.3 is 6.03 Å². The molecule has 1 fully saturated rings. The summed E-state index contributed by atoms with van der Waals surface area (Å²) in [6.07, 6.45) is 4.84. The van der Waals surface area contributed by atoms with E-state index in [1.54, 1.807) is 17.1 Å². The fourth-order valence-corrected chi connectivity index (χ4v) is 3.39. The molecule has 6 heteroatoms. The molecule has 3 rings (SSSR count). The predicted molar refractivity (Wildman–Crippen MR) is 111 cm³/mol. The lowest BCUT2D eigenvalue weighted by Gasteiger charge is -2.32. The van der Waals surface area contributed by atoms with Crippen molar-refractivity contribution in [2.45, 2.75) is 18.9 Å². The number of para-hydroxylation sites is 1. The second-order valence-corrected chi connectivity index (χ2v) is 7.28. The molecule has 0 bridgehead atoms. The van der Waals surface area contributed by atoms with Crippen molar-refractivity contribution in [2.75, 3.05) is 18.4 Å². The van der Waals surface area contributed by atoms with Gasteiger partial charge in [0.1, 0.15) is 0 Å². The summed E-state index contributed by atoms with van der Waals surface area (Å²) >= 11 is 3.46. The molecule has 27 heavy (non-hydrogen) atoms. The van der Waals surface area contributed by atoms with Gasteiger partial charge in [0.15, 0.2) is 0 Å². The van der Waals surface area contributed by atoms with Gasteiger partial charge in [0.05, 0.1) is 0 Å². The quantitative estimate of drug-likeness (QED) is 0.715. The number of halogens is 1. The second kappa shape index (κ2) is 9.37. The molecular formula is C21H22BrN3O2. The summed E-state index contributed by atoms with van der Waals surface area (Å²) in [5.74, 6) is -0.113. The maximum absolute atomic E-state index is 12.3. The number of carbonyl (C=O) groups excluding carboxylic acids is 2. The molecule has 0 unspecified atom stereocenters. The molecule has 1 heterocycles. The van der Waals surface area contributed by atoms with Crippen LogP contribution in [0.4, 0.5) is 10.5 Å². The van der Waals surface area contributed by atoms with Crippen molar-refractivity contribution in [1.82, 2.24) is 10.2 Å². The van der Waals surface area contributed by atoms with Crippen molar-refractivity contribution in [1.29, 1.82) is 0 Å². The van der Waals surface area contributed by atoms with Crippen LogP contribution >= 0.6 is 15.9 Å². The Balaban J connectivity index is 1.44. The van der Waals surface area contributed by atoms with E-state index in [2.05, 4.69) is 26.6 Å². The number of nitrogens with zero attached hydrogens (tertiary/aromatic N) is 1. The van der Waals surface area contributed by atoms with E-state index in [0.29, 0.717) is 13.1 Å². The van der Waals surface area contributed by atoms with Crippen LogP contribution in [0.5, 0.6) is 0 Å². The first-order valence-electron chi connectivity index (χ1n) is 8.96. The molecule has 1 aliphatic heterocycles. The molecule has 1 aliphatic rings. The van der Waals surface area contributed by atoms with Crippen LogP contribution in [-0.2, 0) is 4.79 Å². The first-order chi connectivity index (χ1) is 13.1. The monoisotopic (exact) mass is 427 g/mol. The zero-order valence-corrected chi connectivity index (χ0v) is 16.5. The van der Waals surface area contributed by atoms with Crippen LogP contribution in [0.15, 0.2) is 65.1 Å². The highest BCUT2D eigenvalue weighted by Gasteiger charge is 2.23. The minimum Gasteiger partial charge on any atom is -0.350 e. The Hall–Kier alpha value is -2.60. The molecule has 0 aliphatic carbocycles. The average Bonchev–Trinajstić information content (AvgIpc) is 2.69. The van der Waals surface area contributed by atoms with E-state index in [0.717, 1.165) is 28.6 Å². The number of hydrogen-bond acceptors (Lipinski definition) is 2. The summed E-state index contributed by atoms with van der Waals surface area (Å²) in [7, 11) is 0. The number of urea groups is 1. The molecule has 0 radical (unpaired) electrons. The molecule has 0 atom stereocenters. The van der Waals surface area contributed by atoms with Gasteiger partial charge in [-0.3, -0.25) is 4.79 Å². The first-order valence-corrected chi connectivity index (χ1v) is 9.75. The number of carbonyl (C=O) groups is 2. The molecule has 3 amide bonds. The molecule has 5 nitrogen and oxygen atoms in total. The highest BCUT2D eigenvalue weighted by molar-refractivity contribution is 9.10. The normalized spacial score (nSPS) is 14.9. The third-order valence-electron chi connectivity index (χ3n) is 4.47. The average molecular weight is 428 g/mol. The zero-order chi connectivity index (χ0) is 19.1. The molecule has 2 aromatic rings. The van der Waals surface area contributed by atoms with E-state index in [4.69, 9.17) is 0 Å². The van der Waals surface area contributed by atoms with Crippen molar-refractivity contribution in [3.05, 3.63) is 70.7 Å². The van der Waals surface area contributed by atoms with Crippen LogP contribution in [0, 0.1) is 0 Å². The minimum absolute atomic E-state index is 0.0853. The van der Waals surface area contributed by atoms with Crippen LogP contribution in [-0.4, -0.2) is 36.0 Å². The van der Waals surface area contributed by atoms with Crippen LogP contribution in [0.3, 0.4) is 0 Å². The molecule has 140 valence electrons. The highest BCUT2D eigenvalue weighted by atomic mass is 79.9. The van der Waals surface area contributed by atoms with Gasteiger partial charge in [-0.1, -0.05) is 52.3 Å². The van der Waals surface area contributed by atoms with Crippen molar-refractivity contribution in [3.8, 4) is 0 Å². The molecule has 1 saturated heterocycles. The van der Waals surface area contributed by atoms with Gasteiger partial charge in [-0.2, -0.15) is 0 Å². The zero-order valence-electron chi connectivity index (χ0n) is 14.9. The van der Waals surface area contributed by atoms with Crippen LogP contribution in [0.1, 0.15) is 18.4 Å². The number of likely N-dealkylation sites (tertiary alicyclic amines) is 1. The van der Waals surface area contributed by atoms with E-state index >= 15 is 0 Å². The van der Waals surface area contributed by atoms with E-state index in [9.17, 15) is 9.59 Å². The number of benzene rings is 2.